The largest absolute Gasteiger partial charge is 0.324 e. The fourth-order valence-electron chi connectivity index (χ4n) is 4.58. The van der Waals surface area contributed by atoms with Gasteiger partial charge in [0.1, 0.15) is 17.0 Å². The number of aromatic nitrogens is 3. The summed E-state index contributed by atoms with van der Waals surface area (Å²) in [6.07, 6.45) is 5.76. The maximum atomic E-state index is 13.7. The lowest BCUT2D eigenvalue weighted by atomic mass is 9.80. The zero-order valence-corrected chi connectivity index (χ0v) is 17.9. The number of anilines is 3. The van der Waals surface area contributed by atoms with E-state index in [1.165, 1.54) is 17.1 Å². The number of carbonyl (C=O) groups is 1. The standard InChI is InChI=1S/C20H22FN7O3S/c21-12-27-16-10-13-11-23-19(24-14-4-6-15(7-5-14)32(22,30)31)25-17(13)28(16)20(18(29)26-27)8-2-1-3-9-20/h4-7,10-11H,1-3,8-9,12H2,(H,26,29)(H2,22,30,31)(H,23,24,25). The van der Waals surface area contributed by atoms with Gasteiger partial charge in [-0.05, 0) is 43.2 Å². The van der Waals surface area contributed by atoms with Gasteiger partial charge in [0, 0.05) is 17.3 Å². The number of sulfonamides is 1. The molecule has 1 amide bonds. The molecular weight excluding hydrogens is 437 g/mol. The van der Waals surface area contributed by atoms with Crippen molar-refractivity contribution in [2.45, 2.75) is 42.5 Å². The number of alkyl halides is 1. The lowest BCUT2D eigenvalue weighted by molar-refractivity contribution is -0.133. The molecule has 168 valence electrons. The normalized spacial score (nSPS) is 17.9. The average Bonchev–Trinajstić information content (AvgIpc) is 3.16. The number of hydrogen-bond acceptors (Lipinski definition) is 7. The summed E-state index contributed by atoms with van der Waals surface area (Å²) in [7, 11) is -3.79. The Hall–Kier alpha value is -3.25. The summed E-state index contributed by atoms with van der Waals surface area (Å²) in [6, 6.07) is 7.66. The maximum Gasteiger partial charge on any atom is 0.264 e. The Morgan fingerprint density at radius 3 is 2.56 bits per heavy atom. The highest BCUT2D eigenvalue weighted by Crippen LogP contribution is 2.43. The molecule has 2 aliphatic rings. The SMILES string of the molecule is NS(=O)(=O)c1ccc(Nc2ncc3cc4n(c3n2)C2(CCCCC2)C(=O)NN4CF)cc1. The zero-order valence-electron chi connectivity index (χ0n) is 17.1. The predicted octanol–water partition coefficient (Wildman–Crippen LogP) is 2.26. The summed E-state index contributed by atoms with van der Waals surface area (Å²) < 4.78 is 38.4. The highest BCUT2D eigenvalue weighted by Gasteiger charge is 2.48. The first kappa shape index (κ1) is 20.6. The first-order valence-corrected chi connectivity index (χ1v) is 11.8. The van der Waals surface area contributed by atoms with Crippen LogP contribution in [0.15, 0.2) is 41.4 Å². The van der Waals surface area contributed by atoms with E-state index in [0.717, 1.165) is 19.3 Å². The molecule has 0 bridgehead atoms. The number of primary sulfonamides is 1. The number of nitrogens with two attached hydrogens (primary N) is 1. The fourth-order valence-corrected chi connectivity index (χ4v) is 5.09. The Labute approximate surface area is 183 Å². The molecule has 3 aromatic rings. The molecule has 0 atom stereocenters. The third kappa shape index (κ3) is 3.26. The van der Waals surface area contributed by atoms with Crippen LogP contribution < -0.4 is 20.9 Å². The van der Waals surface area contributed by atoms with Crippen LogP contribution in [0.1, 0.15) is 32.1 Å². The van der Waals surface area contributed by atoms with Gasteiger partial charge in [0.2, 0.25) is 16.0 Å². The highest BCUT2D eigenvalue weighted by molar-refractivity contribution is 7.89. The number of hydrazine groups is 1. The van der Waals surface area contributed by atoms with E-state index in [0.29, 0.717) is 35.4 Å². The molecule has 32 heavy (non-hydrogen) atoms. The maximum absolute atomic E-state index is 13.7. The number of hydrogen-bond donors (Lipinski definition) is 3. The van der Waals surface area contributed by atoms with Gasteiger partial charge < -0.3 is 5.32 Å². The van der Waals surface area contributed by atoms with E-state index in [1.807, 2.05) is 4.57 Å². The molecule has 1 aliphatic heterocycles. The molecule has 4 N–H and O–H groups in total. The zero-order chi connectivity index (χ0) is 22.5. The summed E-state index contributed by atoms with van der Waals surface area (Å²) in [5.74, 6) is 0.574. The molecule has 1 saturated carbocycles. The van der Waals surface area contributed by atoms with Crippen molar-refractivity contribution in [3.63, 3.8) is 0 Å². The average molecular weight is 460 g/mol. The molecule has 10 nitrogen and oxygen atoms in total. The van der Waals surface area contributed by atoms with Crippen LogP contribution in [0.2, 0.25) is 0 Å². The minimum atomic E-state index is -3.79. The lowest BCUT2D eigenvalue weighted by Gasteiger charge is -2.44. The summed E-state index contributed by atoms with van der Waals surface area (Å²) in [6.45, 7) is -0.868. The van der Waals surface area contributed by atoms with Crippen molar-refractivity contribution < 1.29 is 17.6 Å². The Morgan fingerprint density at radius 1 is 1.19 bits per heavy atom. The number of nitrogens with zero attached hydrogens (tertiary/aromatic N) is 4. The van der Waals surface area contributed by atoms with Crippen LogP contribution in [0.3, 0.4) is 0 Å². The minimum Gasteiger partial charge on any atom is -0.324 e. The highest BCUT2D eigenvalue weighted by atomic mass is 32.2. The first-order chi connectivity index (χ1) is 15.3. The second-order valence-corrected chi connectivity index (χ2v) is 9.65. The monoisotopic (exact) mass is 459 g/mol. The lowest BCUT2D eigenvalue weighted by Crippen LogP contribution is -2.60. The summed E-state index contributed by atoms with van der Waals surface area (Å²) >= 11 is 0. The van der Waals surface area contributed by atoms with Gasteiger partial charge in [0.05, 0.1) is 4.90 Å². The van der Waals surface area contributed by atoms with E-state index in [1.54, 1.807) is 24.4 Å². The third-order valence-corrected chi connectivity index (χ3v) is 7.05. The molecule has 2 aromatic heterocycles. The predicted molar refractivity (Wildman–Crippen MR) is 116 cm³/mol. The van der Waals surface area contributed by atoms with Gasteiger partial charge in [-0.2, -0.15) is 4.98 Å². The summed E-state index contributed by atoms with van der Waals surface area (Å²) in [4.78, 5) is 22.0. The van der Waals surface area contributed by atoms with Crippen LogP contribution in [-0.2, 0) is 20.4 Å². The van der Waals surface area contributed by atoms with Crippen LogP contribution in [0, 0.1) is 0 Å². The van der Waals surface area contributed by atoms with Gasteiger partial charge in [-0.15, -0.1) is 0 Å². The van der Waals surface area contributed by atoms with Gasteiger partial charge in [-0.1, -0.05) is 19.3 Å². The summed E-state index contributed by atoms with van der Waals surface area (Å²) in [5.41, 5.74) is 2.98. The van der Waals surface area contributed by atoms with Crippen molar-refractivity contribution in [3.8, 4) is 0 Å². The van der Waals surface area contributed by atoms with Crippen LogP contribution in [-0.4, -0.2) is 35.7 Å². The Morgan fingerprint density at radius 2 is 1.91 bits per heavy atom. The Balaban J connectivity index is 1.58. The number of amides is 1. The van der Waals surface area contributed by atoms with Crippen LogP contribution >= 0.6 is 0 Å². The molecule has 5 rings (SSSR count). The second-order valence-electron chi connectivity index (χ2n) is 8.09. The van der Waals surface area contributed by atoms with Gasteiger partial charge in [-0.25, -0.2) is 27.9 Å². The van der Waals surface area contributed by atoms with Gasteiger partial charge >= 0.3 is 0 Å². The van der Waals surface area contributed by atoms with Gasteiger partial charge in [0.25, 0.3) is 5.91 Å². The first-order valence-electron chi connectivity index (χ1n) is 10.3. The molecule has 1 fully saturated rings. The molecule has 1 spiro atoms. The van der Waals surface area contributed by atoms with E-state index < -0.39 is 22.4 Å². The molecule has 12 heteroatoms. The van der Waals surface area contributed by atoms with Crippen LogP contribution in [0.4, 0.5) is 21.8 Å². The smallest absolute Gasteiger partial charge is 0.264 e. The number of rotatable bonds is 4. The topological polar surface area (TPSA) is 135 Å². The van der Waals surface area contributed by atoms with E-state index in [2.05, 4.69) is 20.7 Å². The molecular formula is C20H22FN7O3S. The van der Waals surface area contributed by atoms with E-state index in [9.17, 15) is 17.6 Å². The van der Waals surface area contributed by atoms with Gasteiger partial charge in [-0.3, -0.25) is 14.8 Å². The Kier molecular flexibility index (Phi) is 4.78. The van der Waals surface area contributed by atoms with Crippen LogP contribution in [0.5, 0.6) is 0 Å². The minimum absolute atomic E-state index is 0.00310. The van der Waals surface area contributed by atoms with E-state index >= 15 is 0 Å². The second kappa shape index (κ2) is 7.41. The summed E-state index contributed by atoms with van der Waals surface area (Å²) in [5, 5.41) is 10.1. The van der Waals surface area contributed by atoms with Crippen molar-refractivity contribution in [3.05, 3.63) is 36.5 Å². The molecule has 0 radical (unpaired) electrons. The van der Waals surface area contributed by atoms with E-state index in [-0.39, 0.29) is 16.8 Å². The van der Waals surface area contributed by atoms with Crippen molar-refractivity contribution in [2.75, 3.05) is 17.1 Å². The third-order valence-electron chi connectivity index (χ3n) is 6.12. The number of fused-ring (bicyclic) bond motifs is 4. The number of carbonyl (C=O) groups excluding carboxylic acids is 1. The molecule has 0 saturated heterocycles. The number of nitrogens with one attached hydrogen (secondary N) is 2. The van der Waals surface area contributed by atoms with Gasteiger partial charge in [0.15, 0.2) is 6.80 Å². The quantitative estimate of drug-likeness (QED) is 0.509. The number of benzene rings is 1. The van der Waals surface area contributed by atoms with Crippen molar-refractivity contribution in [1.82, 2.24) is 20.0 Å². The number of halogens is 1. The van der Waals surface area contributed by atoms with Crippen LogP contribution in [0.25, 0.3) is 11.0 Å². The Bertz CT molecular complexity index is 1300. The molecule has 1 aliphatic carbocycles. The van der Waals surface area contributed by atoms with Crippen molar-refractivity contribution >= 4 is 44.4 Å². The fraction of sp³-hybridized carbons (Fsp3) is 0.350. The van der Waals surface area contributed by atoms with E-state index in [4.69, 9.17) is 5.14 Å². The molecule has 0 unspecified atom stereocenters. The van der Waals surface area contributed by atoms with Crippen molar-refractivity contribution in [2.24, 2.45) is 5.14 Å². The van der Waals surface area contributed by atoms with Crippen molar-refractivity contribution in [1.29, 1.82) is 0 Å². The molecule has 3 heterocycles. The molecule has 1 aromatic carbocycles.